The Morgan fingerprint density at radius 1 is 1.24 bits per heavy atom. The number of aryl methyl sites for hydroxylation is 1. The monoisotopic (exact) mass is 462 g/mol. The van der Waals surface area contributed by atoms with E-state index in [-0.39, 0.29) is 42.0 Å². The molecule has 0 aliphatic heterocycles. The van der Waals surface area contributed by atoms with Gasteiger partial charge in [0.15, 0.2) is 5.96 Å². The normalized spacial score (nSPS) is 11.4. The summed E-state index contributed by atoms with van der Waals surface area (Å²) in [6.07, 6.45) is 0.805. The highest BCUT2D eigenvalue weighted by Gasteiger charge is 2.13. The number of nitrogens with zero attached hydrogens (tertiary/aromatic N) is 1. The second-order valence-electron chi connectivity index (χ2n) is 6.72. The maximum Gasteiger partial charge on any atom is 0.239 e. The van der Waals surface area contributed by atoms with Crippen molar-refractivity contribution in [3.63, 3.8) is 0 Å². The number of methoxy groups -OCH3 is 1. The van der Waals surface area contributed by atoms with Crippen molar-refractivity contribution < 1.29 is 9.53 Å². The van der Waals surface area contributed by atoms with Gasteiger partial charge in [-0.1, -0.05) is 17.7 Å². The van der Waals surface area contributed by atoms with Crippen LogP contribution in [0.2, 0.25) is 0 Å². The average Bonchev–Trinajstić information content (AvgIpc) is 2.49. The van der Waals surface area contributed by atoms with Crippen molar-refractivity contribution in [2.45, 2.75) is 39.7 Å². The van der Waals surface area contributed by atoms with E-state index in [2.05, 4.69) is 33.9 Å². The van der Waals surface area contributed by atoms with Crippen LogP contribution in [0.5, 0.6) is 5.75 Å². The van der Waals surface area contributed by atoms with Crippen LogP contribution in [-0.4, -0.2) is 44.7 Å². The lowest BCUT2D eigenvalue weighted by molar-refractivity contribution is -0.121. The lowest BCUT2D eigenvalue weighted by Gasteiger charge is -2.21. The van der Waals surface area contributed by atoms with Gasteiger partial charge in [-0.15, -0.1) is 24.0 Å². The highest BCUT2D eigenvalue weighted by atomic mass is 127. The molecule has 3 N–H and O–H groups in total. The lowest BCUT2D eigenvalue weighted by Crippen LogP contribution is -2.48. The maximum absolute atomic E-state index is 11.8. The molecule has 1 aromatic rings. The molecule has 0 spiro atoms. The van der Waals surface area contributed by atoms with Crippen LogP contribution in [0.15, 0.2) is 23.2 Å². The third-order valence-corrected chi connectivity index (χ3v) is 3.28. The first kappa shape index (κ1) is 23.5. The van der Waals surface area contributed by atoms with Crippen LogP contribution >= 0.6 is 24.0 Å². The summed E-state index contributed by atoms with van der Waals surface area (Å²) in [5.41, 5.74) is 2.11. The van der Waals surface area contributed by atoms with Crippen molar-refractivity contribution in [2.24, 2.45) is 4.99 Å². The summed E-state index contributed by atoms with van der Waals surface area (Å²) in [5.74, 6) is 1.42. The summed E-state index contributed by atoms with van der Waals surface area (Å²) < 4.78 is 5.38. The quantitative estimate of drug-likeness (QED) is 0.345. The standard InChI is InChI=1S/C18H30N4O2.HI/c1-13-7-8-15(24-6)14(11-13)9-10-20-17(19-5)21-12-16(23)22-18(2,3)4;/h7-8,11H,9-10,12H2,1-6H3,(H,22,23)(H2,19,20,21);1H. The number of nitrogens with one attached hydrogen (secondary N) is 3. The second kappa shape index (κ2) is 11.2. The van der Waals surface area contributed by atoms with Gasteiger partial charge >= 0.3 is 0 Å². The number of carbonyl (C=O) groups excluding carboxylic acids is 1. The zero-order valence-electron chi connectivity index (χ0n) is 16.0. The van der Waals surface area contributed by atoms with E-state index in [1.165, 1.54) is 5.56 Å². The molecule has 0 aliphatic rings. The van der Waals surface area contributed by atoms with Crippen molar-refractivity contribution in [1.82, 2.24) is 16.0 Å². The lowest BCUT2D eigenvalue weighted by atomic mass is 10.1. The minimum absolute atomic E-state index is 0. The van der Waals surface area contributed by atoms with E-state index in [0.717, 1.165) is 17.7 Å². The van der Waals surface area contributed by atoms with Crippen molar-refractivity contribution in [2.75, 3.05) is 27.2 Å². The van der Waals surface area contributed by atoms with E-state index in [9.17, 15) is 4.79 Å². The summed E-state index contributed by atoms with van der Waals surface area (Å²) >= 11 is 0. The molecule has 1 amide bonds. The molecule has 0 unspecified atom stereocenters. The number of ether oxygens (including phenoxy) is 1. The molecule has 0 saturated carbocycles. The molecule has 6 nitrogen and oxygen atoms in total. The molecule has 0 aromatic heterocycles. The number of hydrogen-bond donors (Lipinski definition) is 3. The fourth-order valence-electron chi connectivity index (χ4n) is 2.27. The molecule has 0 atom stereocenters. The third kappa shape index (κ3) is 9.52. The van der Waals surface area contributed by atoms with Crippen molar-refractivity contribution in [3.05, 3.63) is 29.3 Å². The van der Waals surface area contributed by atoms with E-state index in [0.29, 0.717) is 12.5 Å². The number of carbonyl (C=O) groups is 1. The minimum atomic E-state index is -0.239. The number of rotatable bonds is 6. The average molecular weight is 462 g/mol. The van der Waals surface area contributed by atoms with Gasteiger partial charge in [0.1, 0.15) is 5.75 Å². The first-order valence-corrected chi connectivity index (χ1v) is 8.14. The van der Waals surface area contributed by atoms with Gasteiger partial charge in [-0.2, -0.15) is 0 Å². The van der Waals surface area contributed by atoms with Gasteiger partial charge < -0.3 is 20.7 Å². The molecule has 0 saturated heterocycles. The van der Waals surface area contributed by atoms with Gasteiger partial charge in [0.2, 0.25) is 5.91 Å². The Morgan fingerprint density at radius 2 is 1.92 bits per heavy atom. The second-order valence-corrected chi connectivity index (χ2v) is 6.72. The van der Waals surface area contributed by atoms with Crippen molar-refractivity contribution >= 4 is 35.8 Å². The van der Waals surface area contributed by atoms with E-state index >= 15 is 0 Å². The minimum Gasteiger partial charge on any atom is -0.496 e. The Labute approximate surface area is 168 Å². The number of aliphatic imine (C=N–C) groups is 1. The molecule has 1 aromatic carbocycles. The molecule has 25 heavy (non-hydrogen) atoms. The predicted molar refractivity (Wildman–Crippen MR) is 114 cm³/mol. The van der Waals surface area contributed by atoms with Crippen LogP contribution in [0.3, 0.4) is 0 Å². The van der Waals surface area contributed by atoms with E-state index in [4.69, 9.17) is 4.74 Å². The van der Waals surface area contributed by atoms with Gasteiger partial charge in [0.05, 0.1) is 13.7 Å². The summed E-state index contributed by atoms with van der Waals surface area (Å²) in [6.45, 7) is 8.80. The molecule has 0 fully saturated rings. The van der Waals surface area contributed by atoms with Crippen LogP contribution in [0, 0.1) is 6.92 Å². The summed E-state index contributed by atoms with van der Waals surface area (Å²) in [5, 5.41) is 9.12. The fourth-order valence-corrected chi connectivity index (χ4v) is 2.27. The highest BCUT2D eigenvalue weighted by molar-refractivity contribution is 14.0. The first-order chi connectivity index (χ1) is 11.2. The SMILES string of the molecule is CN=C(NCCc1cc(C)ccc1OC)NCC(=O)NC(C)(C)C.I. The Balaban J connectivity index is 0.00000576. The summed E-state index contributed by atoms with van der Waals surface area (Å²) in [4.78, 5) is 16.0. The van der Waals surface area contributed by atoms with Crippen LogP contribution in [-0.2, 0) is 11.2 Å². The molecule has 0 bridgehead atoms. The Morgan fingerprint density at radius 3 is 2.48 bits per heavy atom. The Kier molecular flexibility index (Phi) is 10.5. The van der Waals surface area contributed by atoms with Gasteiger partial charge in [-0.05, 0) is 45.7 Å². The Bertz CT molecular complexity index is 583. The number of amides is 1. The summed E-state index contributed by atoms with van der Waals surface area (Å²) in [6, 6.07) is 6.13. The first-order valence-electron chi connectivity index (χ1n) is 8.14. The predicted octanol–water partition coefficient (Wildman–Crippen LogP) is 2.24. The summed E-state index contributed by atoms with van der Waals surface area (Å²) in [7, 11) is 3.36. The topological polar surface area (TPSA) is 74.8 Å². The zero-order chi connectivity index (χ0) is 18.2. The van der Waals surface area contributed by atoms with Gasteiger partial charge in [0, 0.05) is 19.1 Å². The number of guanidine groups is 1. The van der Waals surface area contributed by atoms with Crippen LogP contribution in [0.4, 0.5) is 0 Å². The van der Waals surface area contributed by atoms with Gasteiger partial charge in [-0.3, -0.25) is 9.79 Å². The maximum atomic E-state index is 11.8. The number of benzene rings is 1. The smallest absolute Gasteiger partial charge is 0.239 e. The van der Waals surface area contributed by atoms with E-state index in [1.807, 2.05) is 32.9 Å². The number of halogens is 1. The largest absolute Gasteiger partial charge is 0.496 e. The Hall–Kier alpha value is -1.51. The molecule has 0 heterocycles. The molecule has 0 radical (unpaired) electrons. The molecule has 7 heteroatoms. The zero-order valence-corrected chi connectivity index (χ0v) is 18.4. The molecule has 0 aliphatic carbocycles. The van der Waals surface area contributed by atoms with E-state index in [1.54, 1.807) is 14.2 Å². The van der Waals surface area contributed by atoms with E-state index < -0.39 is 0 Å². The van der Waals surface area contributed by atoms with Crippen LogP contribution in [0.25, 0.3) is 0 Å². The van der Waals surface area contributed by atoms with Crippen LogP contribution < -0.4 is 20.7 Å². The number of hydrogen-bond acceptors (Lipinski definition) is 3. The molecule has 142 valence electrons. The van der Waals surface area contributed by atoms with Gasteiger partial charge in [0.25, 0.3) is 0 Å². The fraction of sp³-hybridized carbons (Fsp3) is 0.556. The third-order valence-electron chi connectivity index (χ3n) is 3.28. The van der Waals surface area contributed by atoms with Crippen molar-refractivity contribution in [3.8, 4) is 5.75 Å². The van der Waals surface area contributed by atoms with Crippen molar-refractivity contribution in [1.29, 1.82) is 0 Å². The molecular weight excluding hydrogens is 431 g/mol. The van der Waals surface area contributed by atoms with Crippen LogP contribution in [0.1, 0.15) is 31.9 Å². The molecular formula is C18H31IN4O2. The highest BCUT2D eigenvalue weighted by Crippen LogP contribution is 2.19. The molecule has 1 rings (SSSR count). The van der Waals surface area contributed by atoms with Gasteiger partial charge in [-0.25, -0.2) is 0 Å².